The summed E-state index contributed by atoms with van der Waals surface area (Å²) >= 11 is 0. The molecule has 0 spiro atoms. The number of hydrogen-bond donors (Lipinski definition) is 0. The summed E-state index contributed by atoms with van der Waals surface area (Å²) in [7, 11) is 3.44. The fourth-order valence-electron chi connectivity index (χ4n) is 2.93. The average Bonchev–Trinajstić information content (AvgIpc) is 2.97. The summed E-state index contributed by atoms with van der Waals surface area (Å²) in [5.74, 6) is 2.83. The van der Waals surface area contributed by atoms with Crippen LogP contribution in [0.2, 0.25) is 0 Å². The van der Waals surface area contributed by atoms with Gasteiger partial charge in [-0.25, -0.2) is 0 Å². The smallest absolute Gasteiger partial charge is 0.216 e. The zero-order valence-electron chi connectivity index (χ0n) is 13.3. The molecular weight excluding hydrogens is 292 g/mol. The monoisotopic (exact) mass is 312 g/mol. The number of anilines is 1. The van der Waals surface area contributed by atoms with Crippen molar-refractivity contribution >= 4 is 11.6 Å². The van der Waals surface area contributed by atoms with Crippen molar-refractivity contribution in [3.05, 3.63) is 48.6 Å². The van der Waals surface area contributed by atoms with Crippen LogP contribution in [0.5, 0.6) is 5.75 Å². The topological polar surface area (TPSA) is 40.5 Å². The molecule has 0 aliphatic carbocycles. The molecule has 1 aromatic rings. The van der Waals surface area contributed by atoms with Crippen LogP contribution in [0.25, 0.3) is 0 Å². The molecule has 0 aromatic heterocycles. The van der Waals surface area contributed by atoms with Gasteiger partial charge >= 0.3 is 0 Å². The molecule has 0 radical (unpaired) electrons. The molecule has 4 rings (SSSR count). The standard InChI is InChI=1S/C17H20N4O2/c1-22-14-5-3-13(4-6-14)21-10-9-19-8-7-16(18-17(19)21)20-11-15(12-20)23-2/h3-7,9-10,15H,8,11-12H2,1-2H3. The first-order valence-electron chi connectivity index (χ1n) is 7.73. The molecule has 6 nitrogen and oxygen atoms in total. The van der Waals surface area contributed by atoms with Crippen LogP contribution < -0.4 is 9.64 Å². The van der Waals surface area contributed by atoms with E-state index in [0.717, 1.165) is 42.9 Å². The third-order valence-electron chi connectivity index (χ3n) is 4.41. The molecule has 0 bridgehead atoms. The Morgan fingerprint density at radius 1 is 1.09 bits per heavy atom. The average molecular weight is 312 g/mol. The van der Waals surface area contributed by atoms with Gasteiger partial charge in [0.25, 0.3) is 0 Å². The molecule has 3 aliphatic rings. The molecule has 1 saturated heterocycles. The summed E-state index contributed by atoms with van der Waals surface area (Å²) in [6, 6.07) is 8.00. The molecule has 120 valence electrons. The van der Waals surface area contributed by atoms with Crippen molar-refractivity contribution in [2.45, 2.75) is 6.10 Å². The Morgan fingerprint density at radius 3 is 2.57 bits per heavy atom. The lowest BCUT2D eigenvalue weighted by atomic mass is 10.1. The second kappa shape index (κ2) is 5.62. The second-order valence-electron chi connectivity index (χ2n) is 5.76. The van der Waals surface area contributed by atoms with E-state index < -0.39 is 0 Å². The second-order valence-corrected chi connectivity index (χ2v) is 5.76. The van der Waals surface area contributed by atoms with Gasteiger partial charge in [-0.1, -0.05) is 0 Å². The Kier molecular flexibility index (Phi) is 3.46. The van der Waals surface area contributed by atoms with Gasteiger partial charge in [0.05, 0.1) is 13.2 Å². The lowest BCUT2D eigenvalue weighted by molar-refractivity contribution is -0.0123. The van der Waals surface area contributed by atoms with Crippen LogP contribution in [0, 0.1) is 0 Å². The van der Waals surface area contributed by atoms with Gasteiger partial charge in [-0.05, 0) is 30.3 Å². The number of hydrogen-bond acceptors (Lipinski definition) is 6. The number of fused-ring (bicyclic) bond motifs is 1. The highest BCUT2D eigenvalue weighted by Gasteiger charge is 2.32. The van der Waals surface area contributed by atoms with E-state index in [-0.39, 0.29) is 0 Å². The van der Waals surface area contributed by atoms with Crippen LogP contribution in [0.1, 0.15) is 0 Å². The number of likely N-dealkylation sites (tertiary alicyclic amines) is 1. The minimum atomic E-state index is 0.327. The maximum absolute atomic E-state index is 5.34. The number of rotatable bonds is 4. The Labute approximate surface area is 135 Å². The van der Waals surface area contributed by atoms with E-state index in [0.29, 0.717) is 6.10 Å². The van der Waals surface area contributed by atoms with E-state index in [4.69, 9.17) is 14.5 Å². The van der Waals surface area contributed by atoms with E-state index in [1.165, 1.54) is 0 Å². The first kappa shape index (κ1) is 14.1. The number of methoxy groups -OCH3 is 2. The van der Waals surface area contributed by atoms with Crippen LogP contribution in [0.15, 0.2) is 53.6 Å². The van der Waals surface area contributed by atoms with Crippen molar-refractivity contribution in [3.63, 3.8) is 0 Å². The molecule has 0 N–H and O–H groups in total. The van der Waals surface area contributed by atoms with Crippen LogP contribution >= 0.6 is 0 Å². The summed E-state index contributed by atoms with van der Waals surface area (Å²) in [6.07, 6.45) is 6.60. The van der Waals surface area contributed by atoms with Gasteiger partial charge in [-0.2, -0.15) is 4.99 Å². The normalized spacial score (nSPS) is 20.2. The highest BCUT2D eigenvalue weighted by molar-refractivity contribution is 6.01. The number of ether oxygens (including phenoxy) is 2. The molecule has 0 unspecified atom stereocenters. The fourth-order valence-corrected chi connectivity index (χ4v) is 2.93. The Bertz CT molecular complexity index is 674. The largest absolute Gasteiger partial charge is 0.497 e. The predicted octanol–water partition coefficient (Wildman–Crippen LogP) is 1.83. The van der Waals surface area contributed by atoms with Gasteiger partial charge in [0, 0.05) is 44.8 Å². The van der Waals surface area contributed by atoms with Gasteiger partial charge in [0.15, 0.2) is 0 Å². The lowest BCUT2D eigenvalue weighted by Crippen LogP contribution is -2.51. The molecule has 3 aliphatic heterocycles. The molecule has 23 heavy (non-hydrogen) atoms. The number of guanidine groups is 1. The zero-order valence-corrected chi connectivity index (χ0v) is 13.3. The third-order valence-corrected chi connectivity index (χ3v) is 4.41. The van der Waals surface area contributed by atoms with Gasteiger partial charge in [0.2, 0.25) is 5.96 Å². The van der Waals surface area contributed by atoms with E-state index in [1.807, 2.05) is 30.5 Å². The summed E-state index contributed by atoms with van der Waals surface area (Å²) in [6.45, 7) is 2.66. The molecule has 1 fully saturated rings. The summed E-state index contributed by atoms with van der Waals surface area (Å²) in [5.41, 5.74) is 1.07. The summed E-state index contributed by atoms with van der Waals surface area (Å²) < 4.78 is 10.6. The minimum Gasteiger partial charge on any atom is -0.497 e. The highest BCUT2D eigenvalue weighted by Crippen LogP contribution is 2.28. The predicted molar refractivity (Wildman–Crippen MR) is 89.2 cm³/mol. The van der Waals surface area contributed by atoms with Crippen LogP contribution in [0.4, 0.5) is 5.69 Å². The number of nitrogens with zero attached hydrogens (tertiary/aromatic N) is 4. The van der Waals surface area contributed by atoms with Crippen LogP contribution in [-0.2, 0) is 4.74 Å². The van der Waals surface area contributed by atoms with Gasteiger partial charge in [-0.15, -0.1) is 0 Å². The molecule has 6 heteroatoms. The van der Waals surface area contributed by atoms with E-state index in [9.17, 15) is 0 Å². The molecule has 0 atom stereocenters. The van der Waals surface area contributed by atoms with Crippen LogP contribution in [-0.4, -0.2) is 55.7 Å². The maximum Gasteiger partial charge on any atom is 0.216 e. The molecular formula is C17H20N4O2. The van der Waals surface area contributed by atoms with E-state index in [2.05, 4.69) is 27.0 Å². The van der Waals surface area contributed by atoms with Crippen LogP contribution in [0.3, 0.4) is 0 Å². The van der Waals surface area contributed by atoms with Crippen molar-refractivity contribution in [3.8, 4) is 5.75 Å². The van der Waals surface area contributed by atoms with Crippen molar-refractivity contribution in [2.75, 3.05) is 38.8 Å². The quantitative estimate of drug-likeness (QED) is 0.848. The van der Waals surface area contributed by atoms with Crippen molar-refractivity contribution in [1.29, 1.82) is 0 Å². The zero-order chi connectivity index (χ0) is 15.8. The third kappa shape index (κ3) is 2.45. The van der Waals surface area contributed by atoms with Crippen molar-refractivity contribution in [2.24, 2.45) is 4.99 Å². The van der Waals surface area contributed by atoms with Gasteiger partial charge in [0.1, 0.15) is 11.6 Å². The first-order chi connectivity index (χ1) is 11.3. The fraction of sp³-hybridized carbons (Fsp3) is 0.353. The van der Waals surface area contributed by atoms with Crippen molar-refractivity contribution < 1.29 is 9.47 Å². The lowest BCUT2D eigenvalue weighted by Gasteiger charge is -2.41. The molecule has 3 heterocycles. The number of benzene rings is 1. The summed E-state index contributed by atoms with van der Waals surface area (Å²) in [4.78, 5) is 11.3. The molecule has 0 saturated carbocycles. The minimum absolute atomic E-state index is 0.327. The molecule has 1 aromatic carbocycles. The SMILES string of the molecule is COc1ccc(N2C=CN3CC=C(N4CC(OC)C4)N=C32)cc1. The molecule has 0 amide bonds. The first-order valence-corrected chi connectivity index (χ1v) is 7.73. The summed E-state index contributed by atoms with van der Waals surface area (Å²) in [5, 5.41) is 0. The Balaban J connectivity index is 1.54. The van der Waals surface area contributed by atoms with E-state index in [1.54, 1.807) is 14.2 Å². The van der Waals surface area contributed by atoms with E-state index >= 15 is 0 Å². The van der Waals surface area contributed by atoms with Gasteiger partial charge in [-0.3, -0.25) is 4.90 Å². The highest BCUT2D eigenvalue weighted by atomic mass is 16.5. The van der Waals surface area contributed by atoms with Crippen molar-refractivity contribution in [1.82, 2.24) is 9.80 Å². The number of aliphatic imine (C=N–C) groups is 1. The van der Waals surface area contributed by atoms with Gasteiger partial charge < -0.3 is 19.3 Å². The maximum atomic E-state index is 5.34. The Hall–Kier alpha value is -2.47. The Morgan fingerprint density at radius 2 is 1.87 bits per heavy atom.